The molecule has 0 aliphatic heterocycles. The van der Waals surface area contributed by atoms with Crippen molar-refractivity contribution in [3.05, 3.63) is 47.7 Å². The molecule has 0 aliphatic carbocycles. The van der Waals surface area contributed by atoms with E-state index in [9.17, 15) is 5.11 Å². The number of hydrogen-bond donors (Lipinski definition) is 1. The Morgan fingerprint density at radius 3 is 2.63 bits per heavy atom. The minimum atomic E-state index is 0.187. The molecule has 0 saturated carbocycles. The standard InChI is InChI=1S/C15H15N3O/c1-3-12-10(2)16-14-9-13(17-18(14)15(12)19)11-7-5-4-6-8-11/h4-9,19H,3H2,1-2H3. The first-order chi connectivity index (χ1) is 9.20. The Hall–Kier alpha value is -2.36. The molecule has 1 aromatic carbocycles. The molecule has 4 heteroatoms. The van der Waals surface area contributed by atoms with Crippen molar-refractivity contribution in [2.75, 3.05) is 0 Å². The first-order valence-electron chi connectivity index (χ1n) is 6.34. The quantitative estimate of drug-likeness (QED) is 0.763. The molecule has 0 amide bonds. The summed E-state index contributed by atoms with van der Waals surface area (Å²) in [6, 6.07) is 11.8. The molecule has 0 atom stereocenters. The van der Waals surface area contributed by atoms with Crippen LogP contribution in [0.1, 0.15) is 18.2 Å². The van der Waals surface area contributed by atoms with Crippen LogP contribution in [0, 0.1) is 6.92 Å². The summed E-state index contributed by atoms with van der Waals surface area (Å²) in [5.74, 6) is 0.187. The van der Waals surface area contributed by atoms with Gasteiger partial charge in [-0.15, -0.1) is 0 Å². The zero-order chi connectivity index (χ0) is 13.4. The van der Waals surface area contributed by atoms with E-state index < -0.39 is 0 Å². The number of nitrogens with zero attached hydrogens (tertiary/aromatic N) is 3. The lowest BCUT2D eigenvalue weighted by molar-refractivity contribution is 0.427. The van der Waals surface area contributed by atoms with Crippen LogP contribution in [0.3, 0.4) is 0 Å². The second-order valence-corrected chi connectivity index (χ2v) is 4.52. The van der Waals surface area contributed by atoms with Gasteiger partial charge in [0.25, 0.3) is 0 Å². The Kier molecular flexibility index (Phi) is 2.71. The van der Waals surface area contributed by atoms with Crippen LogP contribution in [0.4, 0.5) is 0 Å². The van der Waals surface area contributed by atoms with Crippen LogP contribution in [0.5, 0.6) is 5.88 Å². The number of aromatic nitrogens is 3. The third-order valence-corrected chi connectivity index (χ3v) is 3.30. The van der Waals surface area contributed by atoms with Gasteiger partial charge >= 0.3 is 0 Å². The zero-order valence-corrected chi connectivity index (χ0v) is 11.0. The van der Waals surface area contributed by atoms with Gasteiger partial charge in [0.15, 0.2) is 5.65 Å². The van der Waals surface area contributed by atoms with Crippen LogP contribution in [0.15, 0.2) is 36.4 Å². The predicted octanol–water partition coefficient (Wildman–Crippen LogP) is 2.97. The van der Waals surface area contributed by atoms with E-state index in [0.29, 0.717) is 5.65 Å². The lowest BCUT2D eigenvalue weighted by Crippen LogP contribution is -2.00. The van der Waals surface area contributed by atoms with Crippen LogP contribution in [-0.4, -0.2) is 19.7 Å². The van der Waals surface area contributed by atoms with Crippen molar-refractivity contribution in [1.82, 2.24) is 14.6 Å². The highest BCUT2D eigenvalue weighted by molar-refractivity contribution is 5.64. The minimum Gasteiger partial charge on any atom is -0.493 e. The van der Waals surface area contributed by atoms with Crippen LogP contribution >= 0.6 is 0 Å². The summed E-state index contributed by atoms with van der Waals surface area (Å²) >= 11 is 0. The average Bonchev–Trinajstić information content (AvgIpc) is 2.84. The predicted molar refractivity (Wildman–Crippen MR) is 74.2 cm³/mol. The third-order valence-electron chi connectivity index (χ3n) is 3.30. The molecule has 0 bridgehead atoms. The van der Waals surface area contributed by atoms with E-state index in [1.807, 2.05) is 50.2 Å². The molecule has 4 nitrogen and oxygen atoms in total. The molecule has 96 valence electrons. The van der Waals surface area contributed by atoms with Gasteiger partial charge in [0.05, 0.1) is 5.69 Å². The molecule has 3 aromatic rings. The Labute approximate surface area is 111 Å². The van der Waals surface area contributed by atoms with Crippen LogP contribution in [0.25, 0.3) is 16.9 Å². The van der Waals surface area contributed by atoms with Gasteiger partial charge < -0.3 is 5.11 Å². The Bertz CT molecular complexity index is 732. The molecule has 0 fully saturated rings. The first kappa shape index (κ1) is 11.7. The average molecular weight is 253 g/mol. The third kappa shape index (κ3) is 1.85. The second-order valence-electron chi connectivity index (χ2n) is 4.52. The highest BCUT2D eigenvalue weighted by Gasteiger charge is 2.13. The number of benzene rings is 1. The van der Waals surface area contributed by atoms with E-state index in [4.69, 9.17) is 0 Å². The monoisotopic (exact) mass is 253 g/mol. The number of hydrogen-bond acceptors (Lipinski definition) is 3. The van der Waals surface area contributed by atoms with E-state index in [1.54, 1.807) is 0 Å². The maximum Gasteiger partial charge on any atom is 0.219 e. The molecular formula is C15H15N3O. The lowest BCUT2D eigenvalue weighted by Gasteiger charge is -2.06. The minimum absolute atomic E-state index is 0.187. The van der Waals surface area contributed by atoms with Gasteiger partial charge in [-0.2, -0.15) is 9.61 Å². The SMILES string of the molecule is CCc1c(C)nc2cc(-c3ccccc3)nn2c1O. The highest BCUT2D eigenvalue weighted by Crippen LogP contribution is 2.25. The van der Waals surface area contributed by atoms with Gasteiger partial charge in [0, 0.05) is 22.9 Å². The topological polar surface area (TPSA) is 50.4 Å². The Morgan fingerprint density at radius 2 is 1.95 bits per heavy atom. The fourth-order valence-electron chi connectivity index (χ4n) is 2.30. The number of aryl methyl sites for hydroxylation is 1. The first-order valence-corrected chi connectivity index (χ1v) is 6.34. The van der Waals surface area contributed by atoms with Gasteiger partial charge in [-0.25, -0.2) is 4.98 Å². The van der Waals surface area contributed by atoms with E-state index in [-0.39, 0.29) is 5.88 Å². The Morgan fingerprint density at radius 1 is 1.21 bits per heavy atom. The zero-order valence-electron chi connectivity index (χ0n) is 11.0. The fourth-order valence-corrected chi connectivity index (χ4v) is 2.30. The summed E-state index contributed by atoms with van der Waals surface area (Å²) in [6.07, 6.45) is 0.737. The molecule has 3 rings (SSSR count). The highest BCUT2D eigenvalue weighted by atomic mass is 16.3. The molecule has 0 saturated heterocycles. The molecular weight excluding hydrogens is 238 g/mol. The molecule has 1 N–H and O–H groups in total. The molecule has 2 aromatic heterocycles. The summed E-state index contributed by atoms with van der Waals surface area (Å²) in [6.45, 7) is 3.91. The molecule has 0 radical (unpaired) electrons. The lowest BCUT2D eigenvalue weighted by atomic mass is 10.1. The summed E-state index contributed by atoms with van der Waals surface area (Å²) < 4.78 is 1.51. The van der Waals surface area contributed by atoms with E-state index in [1.165, 1.54) is 4.52 Å². The summed E-state index contributed by atoms with van der Waals surface area (Å²) in [5.41, 5.74) is 4.20. The summed E-state index contributed by atoms with van der Waals surface area (Å²) in [4.78, 5) is 4.49. The van der Waals surface area contributed by atoms with Gasteiger partial charge in [-0.3, -0.25) is 0 Å². The number of rotatable bonds is 2. The van der Waals surface area contributed by atoms with Crippen molar-refractivity contribution in [2.24, 2.45) is 0 Å². The maximum atomic E-state index is 10.3. The van der Waals surface area contributed by atoms with Crippen molar-refractivity contribution in [3.8, 4) is 17.1 Å². The van der Waals surface area contributed by atoms with Gasteiger partial charge in [0.2, 0.25) is 5.88 Å². The molecule has 0 spiro atoms. The largest absolute Gasteiger partial charge is 0.493 e. The van der Waals surface area contributed by atoms with Gasteiger partial charge in [-0.1, -0.05) is 37.3 Å². The van der Waals surface area contributed by atoms with Gasteiger partial charge in [-0.05, 0) is 13.3 Å². The molecule has 2 heterocycles. The molecule has 0 unspecified atom stereocenters. The van der Waals surface area contributed by atoms with Crippen molar-refractivity contribution >= 4 is 5.65 Å². The number of aromatic hydroxyl groups is 1. The number of fused-ring (bicyclic) bond motifs is 1. The van der Waals surface area contributed by atoms with Crippen LogP contribution < -0.4 is 0 Å². The van der Waals surface area contributed by atoms with Crippen molar-refractivity contribution < 1.29 is 5.11 Å². The normalized spacial score (nSPS) is 11.1. The van der Waals surface area contributed by atoms with E-state index in [2.05, 4.69) is 10.1 Å². The molecule has 0 aliphatic rings. The maximum absolute atomic E-state index is 10.3. The second kappa shape index (κ2) is 4.39. The van der Waals surface area contributed by atoms with Gasteiger partial charge in [0.1, 0.15) is 0 Å². The van der Waals surface area contributed by atoms with E-state index >= 15 is 0 Å². The van der Waals surface area contributed by atoms with Crippen LogP contribution in [-0.2, 0) is 6.42 Å². The summed E-state index contributed by atoms with van der Waals surface area (Å²) in [5, 5.41) is 14.7. The van der Waals surface area contributed by atoms with E-state index in [0.717, 1.165) is 28.9 Å². The van der Waals surface area contributed by atoms with Crippen molar-refractivity contribution in [3.63, 3.8) is 0 Å². The fraction of sp³-hybridized carbons (Fsp3) is 0.200. The van der Waals surface area contributed by atoms with Crippen LogP contribution in [0.2, 0.25) is 0 Å². The smallest absolute Gasteiger partial charge is 0.219 e. The Balaban J connectivity index is 2.24. The molecule has 19 heavy (non-hydrogen) atoms. The van der Waals surface area contributed by atoms with Crippen molar-refractivity contribution in [1.29, 1.82) is 0 Å². The summed E-state index contributed by atoms with van der Waals surface area (Å²) in [7, 11) is 0. The van der Waals surface area contributed by atoms with Crippen molar-refractivity contribution in [2.45, 2.75) is 20.3 Å².